The van der Waals surface area contributed by atoms with Gasteiger partial charge in [0.05, 0.1) is 5.69 Å². The molecule has 3 heteroatoms. The molecule has 0 bridgehead atoms. The average molecular weight is 196 g/mol. The molecule has 1 aliphatic carbocycles. The third-order valence-electron chi connectivity index (χ3n) is 3.10. The van der Waals surface area contributed by atoms with Crippen molar-refractivity contribution in [1.82, 2.24) is 4.98 Å². The van der Waals surface area contributed by atoms with Crippen molar-refractivity contribution in [1.29, 1.82) is 0 Å². The maximum Gasteiger partial charge on any atom is 0.116 e. The third-order valence-corrected chi connectivity index (χ3v) is 3.10. The molecule has 0 spiro atoms. The number of aliphatic imine (C=N–C) groups is 1. The Morgan fingerprint density at radius 1 is 1.40 bits per heavy atom. The number of allylic oxidation sites excluding steroid dienone is 1. The predicted molar refractivity (Wildman–Crippen MR) is 55.4 cm³/mol. The predicted octanol–water partition coefficient (Wildman–Crippen LogP) is 1.88. The summed E-state index contributed by atoms with van der Waals surface area (Å²) in [7, 11) is 0. The molecule has 4 rings (SSSR count). The number of epoxide rings is 1. The van der Waals surface area contributed by atoms with E-state index in [1.54, 1.807) is 6.20 Å². The van der Waals surface area contributed by atoms with Crippen LogP contribution in [0.1, 0.15) is 23.8 Å². The van der Waals surface area contributed by atoms with Crippen LogP contribution in [0.25, 0.3) is 5.70 Å². The number of rotatable bonds is 0. The van der Waals surface area contributed by atoms with Gasteiger partial charge in [0.2, 0.25) is 0 Å². The van der Waals surface area contributed by atoms with Crippen LogP contribution in [0, 0.1) is 0 Å². The molecule has 0 amide bonds. The highest BCUT2D eigenvalue weighted by atomic mass is 16.6. The molecular weight excluding hydrogens is 188 g/mol. The number of hydrogen-bond acceptors (Lipinski definition) is 3. The Bertz CT molecular complexity index is 552. The molecule has 3 aliphatic rings. The van der Waals surface area contributed by atoms with E-state index < -0.39 is 0 Å². The summed E-state index contributed by atoms with van der Waals surface area (Å²) in [5.41, 5.74) is 4.40. The summed E-state index contributed by atoms with van der Waals surface area (Å²) in [5, 5.41) is 0. The van der Waals surface area contributed by atoms with E-state index in [0.29, 0.717) is 0 Å². The van der Waals surface area contributed by atoms with Crippen molar-refractivity contribution in [3.05, 3.63) is 41.2 Å². The van der Waals surface area contributed by atoms with Crippen LogP contribution in [-0.2, 0) is 4.74 Å². The molecule has 0 N–H and O–H groups in total. The fraction of sp³-hybridized carbons (Fsp3) is 0.250. The molecule has 2 aliphatic heterocycles. The van der Waals surface area contributed by atoms with Crippen molar-refractivity contribution >= 4 is 11.6 Å². The highest BCUT2D eigenvalue weighted by Gasteiger charge is 2.49. The van der Waals surface area contributed by atoms with Gasteiger partial charge >= 0.3 is 0 Å². The van der Waals surface area contributed by atoms with E-state index in [0.717, 1.165) is 17.8 Å². The first-order valence-electron chi connectivity index (χ1n) is 5.07. The standard InChI is InChI=1S/C12H8N2O/c1-3-7-9(13-5-1)10-8(4-2-6-14-10)12-11(7)15-12/h1-3,5,11-12H,4H2/t11-,12-/m0/s1. The minimum Gasteiger partial charge on any atom is -0.360 e. The van der Waals surface area contributed by atoms with Gasteiger partial charge in [-0.2, -0.15) is 0 Å². The average Bonchev–Trinajstić information content (AvgIpc) is 3.10. The molecular formula is C12H8N2O. The second kappa shape index (κ2) is 2.45. The monoisotopic (exact) mass is 196 g/mol. The minimum atomic E-state index is 0.231. The summed E-state index contributed by atoms with van der Waals surface area (Å²) < 4.78 is 5.67. The molecule has 0 radical (unpaired) electrons. The fourth-order valence-electron chi connectivity index (χ4n) is 2.35. The van der Waals surface area contributed by atoms with Gasteiger partial charge in [-0.25, -0.2) is 4.99 Å². The fourth-order valence-corrected chi connectivity index (χ4v) is 2.35. The smallest absolute Gasteiger partial charge is 0.116 e. The van der Waals surface area contributed by atoms with E-state index in [9.17, 15) is 0 Å². The number of aromatic nitrogens is 1. The Kier molecular flexibility index (Phi) is 1.24. The summed E-state index contributed by atoms with van der Waals surface area (Å²) in [5.74, 6) is 2.91. The van der Waals surface area contributed by atoms with Gasteiger partial charge in [-0.3, -0.25) is 4.98 Å². The van der Waals surface area contributed by atoms with Crippen molar-refractivity contribution in [2.45, 2.75) is 18.6 Å². The second-order valence-corrected chi connectivity index (χ2v) is 3.94. The quantitative estimate of drug-likeness (QED) is 0.594. The molecule has 0 aromatic carbocycles. The van der Waals surface area contributed by atoms with Crippen LogP contribution in [-0.4, -0.2) is 17.0 Å². The lowest BCUT2D eigenvalue weighted by Gasteiger charge is -2.16. The van der Waals surface area contributed by atoms with Gasteiger partial charge in [-0.15, -0.1) is 0 Å². The lowest BCUT2D eigenvalue weighted by molar-refractivity contribution is 0.389. The molecule has 3 nitrogen and oxygen atoms in total. The first-order valence-corrected chi connectivity index (χ1v) is 5.07. The first kappa shape index (κ1) is 7.57. The van der Waals surface area contributed by atoms with Crippen LogP contribution in [0.3, 0.4) is 0 Å². The van der Waals surface area contributed by atoms with Crippen LogP contribution < -0.4 is 0 Å². The summed E-state index contributed by atoms with van der Waals surface area (Å²) in [6.45, 7) is 0. The van der Waals surface area contributed by atoms with Crippen LogP contribution >= 0.6 is 0 Å². The maximum atomic E-state index is 5.67. The van der Waals surface area contributed by atoms with Gasteiger partial charge in [0.25, 0.3) is 0 Å². The zero-order valence-electron chi connectivity index (χ0n) is 7.97. The maximum absolute atomic E-state index is 5.67. The summed E-state index contributed by atoms with van der Waals surface area (Å²) in [4.78, 5) is 8.70. The second-order valence-electron chi connectivity index (χ2n) is 3.94. The van der Waals surface area contributed by atoms with Crippen LogP contribution in [0.4, 0.5) is 0 Å². The molecule has 1 aromatic rings. The number of pyridine rings is 1. The molecule has 0 saturated carbocycles. The summed E-state index contributed by atoms with van der Waals surface area (Å²) in [6, 6.07) is 4.02. The zero-order chi connectivity index (χ0) is 9.83. The van der Waals surface area contributed by atoms with Gasteiger partial charge in [0.1, 0.15) is 17.9 Å². The SMILES string of the molecule is C1=CCC2=C(N=1)c1ncccc1[C@@H]1O[C@@H]21. The van der Waals surface area contributed by atoms with Gasteiger partial charge in [0, 0.05) is 18.2 Å². The Labute approximate surface area is 86.8 Å². The number of nitrogens with zero attached hydrogens (tertiary/aromatic N) is 2. The molecule has 15 heavy (non-hydrogen) atoms. The molecule has 1 saturated heterocycles. The highest BCUT2D eigenvalue weighted by Crippen LogP contribution is 2.52. The Balaban J connectivity index is 2.04. The summed E-state index contributed by atoms with van der Waals surface area (Å²) in [6.07, 6.45) is 5.13. The molecule has 0 unspecified atom stereocenters. The van der Waals surface area contributed by atoms with Crippen molar-refractivity contribution < 1.29 is 4.74 Å². The van der Waals surface area contributed by atoms with Gasteiger partial charge < -0.3 is 4.74 Å². The largest absolute Gasteiger partial charge is 0.360 e. The molecule has 72 valence electrons. The summed E-state index contributed by atoms with van der Waals surface area (Å²) >= 11 is 0. The number of hydrogen-bond donors (Lipinski definition) is 0. The molecule has 1 aromatic heterocycles. The normalized spacial score (nSPS) is 29.6. The van der Waals surface area contributed by atoms with Gasteiger partial charge in [-0.05, 0) is 23.6 Å². The van der Waals surface area contributed by atoms with Crippen LogP contribution in [0.5, 0.6) is 0 Å². The van der Waals surface area contributed by atoms with E-state index >= 15 is 0 Å². The Morgan fingerprint density at radius 2 is 2.40 bits per heavy atom. The Hall–Kier alpha value is -1.70. The first-order chi connectivity index (χ1) is 7.45. The molecule has 2 atom stereocenters. The van der Waals surface area contributed by atoms with Crippen molar-refractivity contribution in [2.24, 2.45) is 4.99 Å². The zero-order valence-corrected chi connectivity index (χ0v) is 7.97. The van der Waals surface area contributed by atoms with E-state index in [2.05, 4.69) is 21.9 Å². The Morgan fingerprint density at radius 3 is 3.40 bits per heavy atom. The molecule has 3 heterocycles. The van der Waals surface area contributed by atoms with Crippen molar-refractivity contribution in [3.8, 4) is 0 Å². The lowest BCUT2D eigenvalue weighted by atomic mass is 9.91. The van der Waals surface area contributed by atoms with Gasteiger partial charge in [-0.1, -0.05) is 6.07 Å². The minimum absolute atomic E-state index is 0.231. The lowest BCUT2D eigenvalue weighted by Crippen LogP contribution is -2.09. The van der Waals surface area contributed by atoms with Crippen molar-refractivity contribution in [2.75, 3.05) is 0 Å². The van der Waals surface area contributed by atoms with E-state index in [1.165, 1.54) is 11.1 Å². The third kappa shape index (κ3) is 0.890. The van der Waals surface area contributed by atoms with E-state index in [-0.39, 0.29) is 12.2 Å². The topological polar surface area (TPSA) is 37.8 Å². The van der Waals surface area contributed by atoms with E-state index in [1.807, 2.05) is 12.1 Å². The van der Waals surface area contributed by atoms with Gasteiger partial charge in [0.15, 0.2) is 0 Å². The van der Waals surface area contributed by atoms with Crippen LogP contribution in [0.15, 0.2) is 35.0 Å². The number of ether oxygens (including phenoxy) is 1. The molecule has 1 fully saturated rings. The number of fused-ring (bicyclic) bond motifs is 5. The van der Waals surface area contributed by atoms with Crippen LogP contribution in [0.2, 0.25) is 0 Å². The highest BCUT2D eigenvalue weighted by molar-refractivity contribution is 5.80. The van der Waals surface area contributed by atoms with E-state index in [4.69, 9.17) is 4.74 Å². The van der Waals surface area contributed by atoms with Crippen molar-refractivity contribution in [3.63, 3.8) is 0 Å².